The first-order valence-corrected chi connectivity index (χ1v) is 10.7. The van der Waals surface area contributed by atoms with E-state index in [2.05, 4.69) is 10.3 Å². The number of halogens is 7. The molecule has 0 aliphatic carbocycles. The number of pyridine rings is 1. The van der Waals surface area contributed by atoms with E-state index in [1.165, 1.54) is 30.5 Å². The van der Waals surface area contributed by atoms with E-state index in [0.717, 1.165) is 0 Å². The van der Waals surface area contributed by atoms with Gasteiger partial charge in [-0.3, -0.25) is 9.78 Å². The van der Waals surface area contributed by atoms with Gasteiger partial charge in [0, 0.05) is 24.4 Å². The minimum Gasteiger partial charge on any atom is -0.376 e. The zero-order chi connectivity index (χ0) is 26.3. The van der Waals surface area contributed by atoms with E-state index < -0.39 is 41.8 Å². The summed E-state index contributed by atoms with van der Waals surface area (Å²) in [6, 6.07) is 11.6. The van der Waals surface area contributed by atoms with Crippen molar-refractivity contribution >= 4 is 5.91 Å². The van der Waals surface area contributed by atoms with Gasteiger partial charge < -0.3 is 10.1 Å². The van der Waals surface area contributed by atoms with Crippen molar-refractivity contribution in [1.29, 1.82) is 0 Å². The van der Waals surface area contributed by atoms with E-state index in [1.807, 2.05) is 0 Å². The van der Waals surface area contributed by atoms with Crippen LogP contribution >= 0.6 is 0 Å². The van der Waals surface area contributed by atoms with E-state index in [-0.39, 0.29) is 37.1 Å². The highest BCUT2D eigenvalue weighted by Crippen LogP contribution is 2.36. The Bertz CT molecular complexity index is 1120. The number of alkyl halides is 6. The van der Waals surface area contributed by atoms with Crippen molar-refractivity contribution in [1.82, 2.24) is 10.3 Å². The van der Waals surface area contributed by atoms with Crippen molar-refractivity contribution in [3.8, 4) is 0 Å². The molecule has 1 unspecified atom stereocenters. The second-order valence-electron chi connectivity index (χ2n) is 7.98. The lowest BCUT2D eigenvalue weighted by molar-refractivity contribution is -0.143. The summed E-state index contributed by atoms with van der Waals surface area (Å²) in [7, 11) is 0. The van der Waals surface area contributed by atoms with Gasteiger partial charge in [0.1, 0.15) is 5.82 Å². The Hall–Kier alpha value is -3.47. The fourth-order valence-electron chi connectivity index (χ4n) is 3.40. The topological polar surface area (TPSA) is 51.2 Å². The smallest absolute Gasteiger partial charge is 0.376 e. The maximum Gasteiger partial charge on any atom is 0.416 e. The number of nitrogens with zero attached hydrogens (tertiary/aromatic N) is 1. The summed E-state index contributed by atoms with van der Waals surface area (Å²) < 4.78 is 97.4. The molecule has 192 valence electrons. The second-order valence-corrected chi connectivity index (χ2v) is 7.98. The number of carbonyl (C=O) groups is 1. The third-order valence-electron chi connectivity index (χ3n) is 5.19. The summed E-state index contributed by atoms with van der Waals surface area (Å²) in [6.07, 6.45) is -8.40. The molecule has 0 spiro atoms. The lowest BCUT2D eigenvalue weighted by Gasteiger charge is -2.19. The number of aromatic nitrogens is 1. The van der Waals surface area contributed by atoms with Crippen LogP contribution in [0.5, 0.6) is 0 Å². The highest BCUT2D eigenvalue weighted by atomic mass is 19.4. The normalized spacial score (nSPS) is 12.9. The Balaban J connectivity index is 1.70. The van der Waals surface area contributed by atoms with Crippen LogP contribution in [-0.4, -0.2) is 24.0 Å². The molecular formula is C25H21F7N2O2. The summed E-state index contributed by atoms with van der Waals surface area (Å²) in [6.45, 7) is -0.659. The fraction of sp³-hybridized carbons (Fsp3) is 0.280. The molecule has 1 N–H and O–H groups in total. The van der Waals surface area contributed by atoms with Gasteiger partial charge in [0.15, 0.2) is 0 Å². The maximum absolute atomic E-state index is 13.4. The molecule has 0 saturated carbocycles. The van der Waals surface area contributed by atoms with Crippen molar-refractivity contribution in [3.63, 3.8) is 0 Å². The minimum atomic E-state index is -4.97. The number of rotatable bonds is 9. The number of ether oxygens (including phenoxy) is 1. The Kier molecular flexibility index (Phi) is 8.67. The van der Waals surface area contributed by atoms with E-state index >= 15 is 0 Å². The van der Waals surface area contributed by atoms with E-state index in [4.69, 9.17) is 4.74 Å². The largest absolute Gasteiger partial charge is 0.416 e. The van der Waals surface area contributed by atoms with Crippen LogP contribution in [-0.2, 0) is 34.9 Å². The lowest BCUT2D eigenvalue weighted by Crippen LogP contribution is -2.31. The summed E-state index contributed by atoms with van der Waals surface area (Å²) in [5.74, 6) is -1.40. The van der Waals surface area contributed by atoms with Crippen molar-refractivity contribution < 1.29 is 40.3 Å². The van der Waals surface area contributed by atoms with Crippen LogP contribution in [0.2, 0.25) is 0 Å². The zero-order valence-corrected chi connectivity index (χ0v) is 18.7. The van der Waals surface area contributed by atoms with Crippen molar-refractivity contribution in [2.75, 3.05) is 13.2 Å². The van der Waals surface area contributed by atoms with Crippen LogP contribution in [0, 0.1) is 5.82 Å². The third kappa shape index (κ3) is 8.04. The molecule has 0 saturated heterocycles. The molecule has 0 aliphatic heterocycles. The number of carbonyl (C=O) groups excluding carboxylic acids is 1. The molecular weight excluding hydrogens is 493 g/mol. The molecule has 11 heteroatoms. The molecule has 0 bridgehead atoms. The number of nitrogens with one attached hydrogen (secondary N) is 1. The summed E-state index contributed by atoms with van der Waals surface area (Å²) >= 11 is 0. The Labute approximate surface area is 202 Å². The standard InChI is InChI=1S/C25H21F7N2O2/c26-21-6-4-17(5-7-21)18(13-34-23(35)12-22-3-1-2-8-33-22)15-36-14-16-9-19(24(27,28)29)11-20(10-16)25(30,31)32/h1-11,18H,12-15H2,(H,34,35). The van der Waals surface area contributed by atoms with Crippen LogP contribution in [0.1, 0.15) is 33.9 Å². The maximum atomic E-state index is 13.4. The van der Waals surface area contributed by atoms with Gasteiger partial charge in [-0.2, -0.15) is 26.3 Å². The number of hydrogen-bond donors (Lipinski definition) is 1. The van der Waals surface area contributed by atoms with Crippen molar-refractivity contribution in [2.24, 2.45) is 0 Å². The van der Waals surface area contributed by atoms with Gasteiger partial charge in [-0.05, 0) is 53.6 Å². The van der Waals surface area contributed by atoms with Crippen LogP contribution in [0.4, 0.5) is 30.7 Å². The van der Waals surface area contributed by atoms with Crippen molar-refractivity contribution in [3.05, 3.63) is 101 Å². The molecule has 2 aromatic carbocycles. The lowest BCUT2D eigenvalue weighted by atomic mass is 9.99. The first-order chi connectivity index (χ1) is 16.9. The van der Waals surface area contributed by atoms with Gasteiger partial charge in [0.05, 0.1) is 30.8 Å². The zero-order valence-electron chi connectivity index (χ0n) is 18.7. The van der Waals surface area contributed by atoms with Gasteiger partial charge in [0.25, 0.3) is 0 Å². The highest BCUT2D eigenvalue weighted by Gasteiger charge is 2.36. The van der Waals surface area contributed by atoms with E-state index in [0.29, 0.717) is 23.4 Å². The monoisotopic (exact) mass is 514 g/mol. The predicted molar refractivity (Wildman–Crippen MR) is 116 cm³/mol. The Morgan fingerprint density at radius 3 is 2.11 bits per heavy atom. The van der Waals surface area contributed by atoms with E-state index in [9.17, 15) is 35.5 Å². The minimum absolute atomic E-state index is 0.00227. The average Bonchev–Trinajstić information content (AvgIpc) is 2.81. The van der Waals surface area contributed by atoms with Crippen LogP contribution < -0.4 is 5.32 Å². The molecule has 3 rings (SSSR count). The summed E-state index contributed by atoms with van der Waals surface area (Å²) in [5.41, 5.74) is -2.08. The van der Waals surface area contributed by atoms with Gasteiger partial charge in [-0.1, -0.05) is 18.2 Å². The van der Waals surface area contributed by atoms with Crippen LogP contribution in [0.15, 0.2) is 66.9 Å². The van der Waals surface area contributed by atoms with Crippen molar-refractivity contribution in [2.45, 2.75) is 31.3 Å². The molecule has 0 fully saturated rings. The molecule has 1 atom stereocenters. The van der Waals surface area contributed by atoms with Crippen LogP contribution in [0.25, 0.3) is 0 Å². The molecule has 3 aromatic rings. The Morgan fingerprint density at radius 1 is 0.917 bits per heavy atom. The van der Waals surface area contributed by atoms with Gasteiger partial charge in [-0.25, -0.2) is 4.39 Å². The summed E-state index contributed by atoms with van der Waals surface area (Å²) in [4.78, 5) is 16.4. The third-order valence-corrected chi connectivity index (χ3v) is 5.19. The molecule has 1 amide bonds. The molecule has 1 heterocycles. The van der Waals surface area contributed by atoms with Crippen LogP contribution in [0.3, 0.4) is 0 Å². The quantitative estimate of drug-likeness (QED) is 0.361. The predicted octanol–water partition coefficient (Wildman–Crippen LogP) is 5.92. The highest BCUT2D eigenvalue weighted by molar-refractivity contribution is 5.78. The number of hydrogen-bond acceptors (Lipinski definition) is 3. The second kappa shape index (κ2) is 11.5. The molecule has 4 nitrogen and oxygen atoms in total. The molecule has 36 heavy (non-hydrogen) atoms. The average molecular weight is 514 g/mol. The van der Waals surface area contributed by atoms with E-state index in [1.54, 1.807) is 18.2 Å². The number of benzene rings is 2. The SMILES string of the molecule is O=C(Cc1ccccn1)NCC(COCc1cc(C(F)(F)F)cc(C(F)(F)F)c1)c1ccc(F)cc1. The van der Waals surface area contributed by atoms with Gasteiger partial charge in [-0.15, -0.1) is 0 Å². The Morgan fingerprint density at radius 2 is 1.56 bits per heavy atom. The number of amides is 1. The summed E-state index contributed by atoms with van der Waals surface area (Å²) in [5, 5.41) is 2.70. The first kappa shape index (κ1) is 27.1. The fourth-order valence-corrected chi connectivity index (χ4v) is 3.40. The first-order valence-electron chi connectivity index (χ1n) is 10.7. The van der Waals surface area contributed by atoms with Gasteiger partial charge >= 0.3 is 12.4 Å². The molecule has 1 aromatic heterocycles. The molecule has 0 radical (unpaired) electrons. The van der Waals surface area contributed by atoms with Gasteiger partial charge in [0.2, 0.25) is 5.91 Å². The molecule has 0 aliphatic rings.